The van der Waals surface area contributed by atoms with Crippen molar-refractivity contribution < 1.29 is 29.1 Å². The topological polar surface area (TPSA) is 142 Å². The molecule has 2 aliphatic rings. The van der Waals surface area contributed by atoms with Gasteiger partial charge in [-0.05, 0) is 42.9 Å². The highest BCUT2D eigenvalue weighted by molar-refractivity contribution is 5.98. The predicted octanol–water partition coefficient (Wildman–Crippen LogP) is 1.89. The van der Waals surface area contributed by atoms with Gasteiger partial charge in [0.05, 0.1) is 5.52 Å². The SMILES string of the molecule is COn1cc(C[C@@H]2NC(=O)[C@H](CCCCCCO)NC(=O)[C@H]3CCCN3C(=O)[C@H](Cc3ccccc3)NC2=O)c2ccccc21. The Hall–Kier alpha value is -4.38. The van der Waals surface area contributed by atoms with Crippen molar-refractivity contribution in [3.8, 4) is 0 Å². The minimum atomic E-state index is -1.03. The predicted molar refractivity (Wildman–Crippen MR) is 169 cm³/mol. The van der Waals surface area contributed by atoms with Crippen molar-refractivity contribution in [1.29, 1.82) is 0 Å². The summed E-state index contributed by atoms with van der Waals surface area (Å²) >= 11 is 0. The summed E-state index contributed by atoms with van der Waals surface area (Å²) in [7, 11) is 1.56. The number of unbranched alkanes of at least 4 members (excludes halogenated alkanes) is 3. The van der Waals surface area contributed by atoms with E-state index in [-0.39, 0.29) is 31.3 Å². The molecule has 11 heteroatoms. The zero-order valence-corrected chi connectivity index (χ0v) is 25.7. The normalized spacial score (nSPS) is 22.7. The molecule has 0 saturated carbocycles. The molecule has 45 heavy (non-hydrogen) atoms. The van der Waals surface area contributed by atoms with Crippen LogP contribution in [0, 0.1) is 0 Å². The van der Waals surface area contributed by atoms with Crippen molar-refractivity contribution in [2.45, 2.75) is 82.0 Å². The average molecular weight is 618 g/mol. The monoisotopic (exact) mass is 617 g/mol. The number of para-hydroxylation sites is 1. The molecule has 0 aliphatic carbocycles. The molecule has 2 saturated heterocycles. The van der Waals surface area contributed by atoms with E-state index < -0.39 is 36.0 Å². The van der Waals surface area contributed by atoms with Gasteiger partial charge in [0.15, 0.2) is 0 Å². The summed E-state index contributed by atoms with van der Waals surface area (Å²) in [6.07, 6.45) is 6.62. The van der Waals surface area contributed by atoms with E-state index in [9.17, 15) is 19.2 Å². The van der Waals surface area contributed by atoms with Crippen LogP contribution >= 0.6 is 0 Å². The Labute approximate surface area is 263 Å². The first-order valence-electron chi connectivity index (χ1n) is 15.9. The second-order valence-electron chi connectivity index (χ2n) is 11.9. The summed E-state index contributed by atoms with van der Waals surface area (Å²) < 4.78 is 1.62. The third-order valence-corrected chi connectivity index (χ3v) is 8.78. The molecule has 0 unspecified atom stereocenters. The number of nitrogens with one attached hydrogen (secondary N) is 3. The highest BCUT2D eigenvalue weighted by Gasteiger charge is 2.40. The molecule has 240 valence electrons. The van der Waals surface area contributed by atoms with Gasteiger partial charge in [0.2, 0.25) is 23.6 Å². The number of nitrogens with zero attached hydrogens (tertiary/aromatic N) is 2. The lowest BCUT2D eigenvalue weighted by Crippen LogP contribution is -2.61. The van der Waals surface area contributed by atoms with Gasteiger partial charge in [-0.25, -0.2) is 0 Å². The number of amides is 4. The van der Waals surface area contributed by atoms with Crippen LogP contribution in [-0.2, 0) is 32.0 Å². The van der Waals surface area contributed by atoms with Gasteiger partial charge in [-0.1, -0.05) is 67.8 Å². The van der Waals surface area contributed by atoms with E-state index in [0.717, 1.165) is 34.9 Å². The second kappa shape index (κ2) is 15.1. The first kappa shape index (κ1) is 32.0. The zero-order chi connectivity index (χ0) is 31.8. The Morgan fingerprint density at radius 2 is 1.49 bits per heavy atom. The number of hydrogen-bond donors (Lipinski definition) is 4. The quantitative estimate of drug-likeness (QED) is 0.242. The lowest BCUT2D eigenvalue weighted by atomic mass is 9.99. The summed E-state index contributed by atoms with van der Waals surface area (Å²) in [4.78, 5) is 62.6. The zero-order valence-electron chi connectivity index (χ0n) is 25.7. The number of fused-ring (bicyclic) bond motifs is 2. The van der Waals surface area contributed by atoms with Crippen LogP contribution < -0.4 is 20.8 Å². The van der Waals surface area contributed by atoms with E-state index in [0.29, 0.717) is 38.6 Å². The van der Waals surface area contributed by atoms with Gasteiger partial charge in [-0.3, -0.25) is 19.2 Å². The lowest BCUT2D eigenvalue weighted by Gasteiger charge is -2.32. The first-order valence-corrected chi connectivity index (χ1v) is 15.9. The molecule has 2 fully saturated rings. The van der Waals surface area contributed by atoms with E-state index in [1.54, 1.807) is 22.9 Å². The number of aromatic nitrogens is 1. The highest BCUT2D eigenvalue weighted by Crippen LogP contribution is 2.24. The van der Waals surface area contributed by atoms with E-state index in [2.05, 4.69) is 16.0 Å². The Balaban J connectivity index is 1.48. The third kappa shape index (κ3) is 7.65. The first-order chi connectivity index (χ1) is 21.9. The van der Waals surface area contributed by atoms with Gasteiger partial charge in [-0.15, -0.1) is 0 Å². The van der Waals surface area contributed by atoms with Crippen LogP contribution in [0.4, 0.5) is 0 Å². The van der Waals surface area contributed by atoms with Gasteiger partial charge in [-0.2, -0.15) is 4.73 Å². The molecular formula is C34H43N5O6. The van der Waals surface area contributed by atoms with Gasteiger partial charge in [0.1, 0.15) is 31.3 Å². The van der Waals surface area contributed by atoms with Crippen LogP contribution in [0.15, 0.2) is 60.8 Å². The van der Waals surface area contributed by atoms with Crippen molar-refractivity contribution in [3.05, 3.63) is 71.9 Å². The van der Waals surface area contributed by atoms with E-state index in [1.165, 1.54) is 0 Å². The highest BCUT2D eigenvalue weighted by atomic mass is 16.6. The van der Waals surface area contributed by atoms with Crippen LogP contribution in [-0.4, -0.2) is 82.8 Å². The van der Waals surface area contributed by atoms with Crippen molar-refractivity contribution >= 4 is 34.5 Å². The van der Waals surface area contributed by atoms with Crippen molar-refractivity contribution in [3.63, 3.8) is 0 Å². The molecule has 2 aromatic carbocycles. The maximum Gasteiger partial charge on any atom is 0.246 e. The summed E-state index contributed by atoms with van der Waals surface area (Å²) in [5.74, 6) is -1.60. The minimum Gasteiger partial charge on any atom is -0.417 e. The Kier molecular flexibility index (Phi) is 10.7. The van der Waals surface area contributed by atoms with Gasteiger partial charge in [0, 0.05) is 37.6 Å². The Bertz CT molecular complexity index is 1490. The van der Waals surface area contributed by atoms with Gasteiger partial charge >= 0.3 is 0 Å². The van der Waals surface area contributed by atoms with Crippen LogP contribution in [0.2, 0.25) is 0 Å². The molecule has 1 aromatic heterocycles. The molecule has 0 radical (unpaired) electrons. The van der Waals surface area contributed by atoms with Crippen LogP contribution in [0.5, 0.6) is 0 Å². The fourth-order valence-electron chi connectivity index (χ4n) is 6.41. The molecule has 3 aromatic rings. The molecule has 4 atom stereocenters. The number of hydrogen-bond acceptors (Lipinski definition) is 6. The minimum absolute atomic E-state index is 0.105. The maximum absolute atomic E-state index is 14.1. The Morgan fingerprint density at radius 3 is 2.27 bits per heavy atom. The molecule has 2 aliphatic heterocycles. The van der Waals surface area contributed by atoms with Gasteiger partial charge < -0.3 is 30.8 Å². The Morgan fingerprint density at radius 1 is 0.800 bits per heavy atom. The van der Waals surface area contributed by atoms with Crippen LogP contribution in [0.3, 0.4) is 0 Å². The number of carbonyl (C=O) groups is 4. The second-order valence-corrected chi connectivity index (χ2v) is 11.9. The molecule has 0 spiro atoms. The van der Waals surface area contributed by atoms with Crippen LogP contribution in [0.1, 0.15) is 56.1 Å². The number of rotatable bonds is 11. The largest absolute Gasteiger partial charge is 0.417 e. The van der Waals surface area contributed by atoms with Crippen LogP contribution in [0.25, 0.3) is 10.9 Å². The van der Waals surface area contributed by atoms with Gasteiger partial charge in [0.25, 0.3) is 0 Å². The fourth-order valence-corrected chi connectivity index (χ4v) is 6.41. The van der Waals surface area contributed by atoms with E-state index >= 15 is 0 Å². The smallest absolute Gasteiger partial charge is 0.246 e. The third-order valence-electron chi connectivity index (χ3n) is 8.78. The summed E-state index contributed by atoms with van der Waals surface area (Å²) in [5.41, 5.74) is 2.48. The maximum atomic E-state index is 14.1. The molecule has 4 N–H and O–H groups in total. The van der Waals surface area contributed by atoms with E-state index in [4.69, 9.17) is 9.94 Å². The molecule has 3 heterocycles. The summed E-state index contributed by atoms with van der Waals surface area (Å²) in [6, 6.07) is 13.5. The van der Waals surface area contributed by atoms with Crippen molar-refractivity contribution in [2.75, 3.05) is 20.3 Å². The van der Waals surface area contributed by atoms with Crippen molar-refractivity contribution in [2.24, 2.45) is 0 Å². The van der Waals surface area contributed by atoms with E-state index in [1.807, 2.05) is 54.6 Å². The van der Waals surface area contributed by atoms with Crippen molar-refractivity contribution in [1.82, 2.24) is 25.6 Å². The number of aliphatic hydroxyl groups excluding tert-OH is 1. The standard InChI is InChI=1S/C34H43N5O6/c1-45-39-22-24(25-14-8-9-16-29(25)39)21-27-32(42)37-28(20-23-12-5-4-6-13-23)34(44)38-18-11-17-30(38)33(43)35-26(31(41)36-27)15-7-2-3-10-19-40/h4-6,8-9,12-14,16,22,26-28,30,40H,2-3,7,10-11,15,17-21H2,1H3,(H,35,43)(H,36,41)(H,37,42)/t26-,27-,28-,30+/m0/s1. The fraction of sp³-hybridized carbons (Fsp3) is 0.471. The molecule has 0 bridgehead atoms. The number of aliphatic hydroxyl groups is 1. The molecular weight excluding hydrogens is 574 g/mol. The number of benzene rings is 2. The number of carbonyl (C=O) groups excluding carboxylic acids is 4. The summed E-state index contributed by atoms with van der Waals surface area (Å²) in [6.45, 7) is 0.504. The molecule has 4 amide bonds. The summed E-state index contributed by atoms with van der Waals surface area (Å²) in [5, 5.41) is 18.8. The molecule has 5 rings (SSSR count). The lowest BCUT2D eigenvalue weighted by molar-refractivity contribution is -0.143. The molecule has 11 nitrogen and oxygen atoms in total. The average Bonchev–Trinajstić information content (AvgIpc) is 3.68.